The van der Waals surface area contributed by atoms with Gasteiger partial charge in [-0.1, -0.05) is 133 Å². The van der Waals surface area contributed by atoms with Gasteiger partial charge < -0.3 is 0 Å². The standard InChI is InChI=1S/C26H32ClN3O.C25H30ClN3O/c1-2-29-24(25(27)26(31)30(29)23-14-7-4-8-15-23)20-28-18-16-22(17-19-28)13-9-12-21-10-5-3-6-11-21;1-27-23(24(26)25(30)29(27)22-13-6-3-7-14-22)19-28-17-15-21(16-18-28)12-8-11-20-9-4-2-5-10-20/h3-8,10-11,14-15,22H,2,9,12-13,16-20H2,1H3;2-7,9-10,13-14,21H,8,11-12,15-19H2,1H3. The predicted octanol–water partition coefficient (Wildman–Crippen LogP) is 10.6. The van der Waals surface area contributed by atoms with Crippen LogP contribution < -0.4 is 11.1 Å². The largest absolute Gasteiger partial charge is 0.297 e. The topological polar surface area (TPSA) is 60.3 Å². The monoisotopic (exact) mass is 860 g/mol. The summed E-state index contributed by atoms with van der Waals surface area (Å²) in [6.45, 7) is 8.51. The zero-order valence-corrected chi connectivity index (χ0v) is 37.5. The van der Waals surface area contributed by atoms with Crippen LogP contribution in [0.15, 0.2) is 131 Å². The summed E-state index contributed by atoms with van der Waals surface area (Å²) >= 11 is 13.0. The molecule has 0 amide bonds. The molecule has 4 heterocycles. The first-order chi connectivity index (χ1) is 29.8. The number of benzene rings is 4. The summed E-state index contributed by atoms with van der Waals surface area (Å²) in [7, 11) is 1.92. The molecular formula is C51H62Cl2N6O2. The van der Waals surface area contributed by atoms with E-state index in [1.54, 1.807) is 9.36 Å². The maximum atomic E-state index is 12.9. The van der Waals surface area contributed by atoms with Crippen LogP contribution in [0.25, 0.3) is 11.4 Å². The van der Waals surface area contributed by atoms with Crippen molar-refractivity contribution in [3.8, 4) is 11.4 Å². The first-order valence-electron chi connectivity index (χ1n) is 22.4. The molecule has 10 heteroatoms. The highest BCUT2D eigenvalue weighted by atomic mass is 35.5. The van der Waals surface area contributed by atoms with Gasteiger partial charge in [-0.3, -0.25) is 28.8 Å². The van der Waals surface area contributed by atoms with Crippen molar-refractivity contribution in [1.82, 2.24) is 28.5 Å². The van der Waals surface area contributed by atoms with Gasteiger partial charge in [0, 0.05) is 26.7 Å². The fraction of sp³-hybridized carbons (Fsp3) is 0.412. The number of aromatic nitrogens is 4. The summed E-state index contributed by atoms with van der Waals surface area (Å²) in [4.78, 5) is 30.5. The summed E-state index contributed by atoms with van der Waals surface area (Å²) in [6.07, 6.45) is 12.4. The van der Waals surface area contributed by atoms with Crippen LogP contribution in [-0.4, -0.2) is 54.7 Å². The second kappa shape index (κ2) is 22.0. The van der Waals surface area contributed by atoms with Gasteiger partial charge in [-0.05, 0) is 132 Å². The lowest BCUT2D eigenvalue weighted by molar-refractivity contribution is 0.167. The lowest BCUT2D eigenvalue weighted by Gasteiger charge is -2.32. The Labute approximate surface area is 371 Å². The predicted molar refractivity (Wildman–Crippen MR) is 251 cm³/mol. The van der Waals surface area contributed by atoms with E-state index in [-0.39, 0.29) is 11.1 Å². The minimum absolute atomic E-state index is 0.125. The van der Waals surface area contributed by atoms with Crippen molar-refractivity contribution in [1.29, 1.82) is 0 Å². The Morgan fingerprint density at radius 1 is 0.525 bits per heavy atom. The first kappa shape index (κ1) is 44.5. The maximum Gasteiger partial charge on any atom is 0.290 e. The highest BCUT2D eigenvalue weighted by molar-refractivity contribution is 6.31. The number of halogens is 2. The van der Waals surface area contributed by atoms with Crippen molar-refractivity contribution in [2.45, 2.75) is 90.8 Å². The minimum atomic E-state index is -0.142. The van der Waals surface area contributed by atoms with Gasteiger partial charge in [0.2, 0.25) is 0 Å². The van der Waals surface area contributed by atoms with Gasteiger partial charge >= 0.3 is 0 Å². The molecule has 2 saturated heterocycles. The van der Waals surface area contributed by atoms with E-state index in [2.05, 4.69) is 77.4 Å². The number of para-hydroxylation sites is 2. The number of hydrogen-bond acceptors (Lipinski definition) is 4. The number of hydrogen-bond donors (Lipinski definition) is 0. The van der Waals surface area contributed by atoms with Gasteiger partial charge in [-0.2, -0.15) is 0 Å². The average molecular weight is 862 g/mol. The van der Waals surface area contributed by atoms with Crippen LogP contribution in [0.4, 0.5) is 0 Å². The second-order valence-corrected chi connectivity index (χ2v) is 17.6. The van der Waals surface area contributed by atoms with E-state index in [0.717, 1.165) is 73.9 Å². The number of aryl methyl sites for hydroxylation is 2. The van der Waals surface area contributed by atoms with E-state index < -0.39 is 0 Å². The van der Waals surface area contributed by atoms with Crippen molar-refractivity contribution >= 4 is 23.2 Å². The molecule has 2 aliphatic rings. The molecule has 0 bridgehead atoms. The molecule has 0 N–H and O–H groups in total. The fourth-order valence-corrected chi connectivity index (χ4v) is 9.78. The number of rotatable bonds is 15. The SMILES string of the molecule is CCn1c(CN2CCC(CCCc3ccccc3)CC2)c(Cl)c(=O)n1-c1ccccc1.Cn1c(CN2CCC(CCCc3ccccc3)CC2)c(Cl)c(=O)n1-c1ccccc1. The normalized spacial score (nSPS) is 15.5. The van der Waals surface area contributed by atoms with Crippen LogP contribution in [0, 0.1) is 11.8 Å². The summed E-state index contributed by atoms with van der Waals surface area (Å²) < 4.78 is 7.32. The van der Waals surface area contributed by atoms with Crippen LogP contribution in [0.2, 0.25) is 10.0 Å². The summed E-state index contributed by atoms with van der Waals surface area (Å²) in [6, 6.07) is 41.0. The quantitative estimate of drug-likeness (QED) is 0.103. The van der Waals surface area contributed by atoms with Crippen molar-refractivity contribution in [3.63, 3.8) is 0 Å². The smallest absolute Gasteiger partial charge is 0.290 e. The molecule has 322 valence electrons. The average Bonchev–Trinajstić information content (AvgIpc) is 3.67. The Bertz CT molecular complexity index is 2360. The van der Waals surface area contributed by atoms with Gasteiger partial charge in [0.25, 0.3) is 11.1 Å². The highest BCUT2D eigenvalue weighted by Gasteiger charge is 2.26. The zero-order valence-electron chi connectivity index (χ0n) is 36.0. The Morgan fingerprint density at radius 3 is 1.34 bits per heavy atom. The van der Waals surface area contributed by atoms with Crippen molar-refractivity contribution in [3.05, 3.63) is 175 Å². The molecule has 6 aromatic rings. The summed E-state index contributed by atoms with van der Waals surface area (Å²) in [5.74, 6) is 1.61. The van der Waals surface area contributed by atoms with Gasteiger partial charge in [0.05, 0.1) is 22.8 Å². The van der Waals surface area contributed by atoms with E-state index >= 15 is 0 Å². The van der Waals surface area contributed by atoms with E-state index in [1.807, 2.05) is 77.1 Å². The van der Waals surface area contributed by atoms with E-state index in [9.17, 15) is 9.59 Å². The number of likely N-dealkylation sites (tertiary alicyclic amines) is 2. The molecular weight excluding hydrogens is 800 g/mol. The molecule has 8 nitrogen and oxygen atoms in total. The van der Waals surface area contributed by atoms with Gasteiger partial charge in [-0.15, -0.1) is 0 Å². The van der Waals surface area contributed by atoms with Crippen molar-refractivity contribution < 1.29 is 0 Å². The van der Waals surface area contributed by atoms with Gasteiger partial charge in [-0.25, -0.2) is 9.36 Å². The zero-order chi connectivity index (χ0) is 42.6. The summed E-state index contributed by atoms with van der Waals surface area (Å²) in [5, 5.41) is 0.696. The number of nitrogens with zero attached hydrogens (tertiary/aromatic N) is 6. The van der Waals surface area contributed by atoms with Crippen molar-refractivity contribution in [2.75, 3.05) is 26.2 Å². The molecule has 0 radical (unpaired) electrons. The van der Waals surface area contributed by atoms with E-state index in [1.165, 1.54) is 75.3 Å². The van der Waals surface area contributed by atoms with Gasteiger partial charge in [0.1, 0.15) is 10.0 Å². The lowest BCUT2D eigenvalue weighted by atomic mass is 9.90. The van der Waals surface area contributed by atoms with Crippen molar-refractivity contribution in [2.24, 2.45) is 18.9 Å². The van der Waals surface area contributed by atoms with Crippen LogP contribution >= 0.6 is 23.2 Å². The minimum Gasteiger partial charge on any atom is -0.297 e. The molecule has 0 unspecified atom stereocenters. The third kappa shape index (κ3) is 11.5. The molecule has 4 aromatic carbocycles. The van der Waals surface area contributed by atoms with Crippen LogP contribution in [-0.2, 0) is 39.5 Å². The van der Waals surface area contributed by atoms with Crippen LogP contribution in [0.1, 0.15) is 80.8 Å². The fourth-order valence-electron chi connectivity index (χ4n) is 9.29. The Kier molecular flexibility index (Phi) is 16.0. The molecule has 2 fully saturated rings. The Morgan fingerprint density at radius 2 is 0.902 bits per heavy atom. The Balaban J connectivity index is 0.000000184. The second-order valence-electron chi connectivity index (χ2n) is 16.9. The Hall–Kier alpha value is -4.60. The molecule has 8 rings (SSSR count). The molecule has 0 aliphatic carbocycles. The highest BCUT2D eigenvalue weighted by Crippen LogP contribution is 2.27. The lowest BCUT2D eigenvalue weighted by Crippen LogP contribution is -2.34. The molecule has 2 aliphatic heterocycles. The first-order valence-corrected chi connectivity index (χ1v) is 23.2. The molecule has 0 spiro atoms. The van der Waals surface area contributed by atoms with Crippen LogP contribution in [0.5, 0.6) is 0 Å². The maximum absolute atomic E-state index is 12.9. The molecule has 0 saturated carbocycles. The van der Waals surface area contributed by atoms with Crippen LogP contribution in [0.3, 0.4) is 0 Å². The third-order valence-electron chi connectivity index (χ3n) is 12.8. The van der Waals surface area contributed by atoms with E-state index in [4.69, 9.17) is 23.2 Å². The molecule has 2 aromatic heterocycles. The third-order valence-corrected chi connectivity index (χ3v) is 13.6. The summed E-state index contributed by atoms with van der Waals surface area (Å²) in [5.41, 5.74) is 6.14. The van der Waals surface area contributed by atoms with E-state index in [0.29, 0.717) is 16.6 Å². The number of piperidine rings is 2. The molecule has 0 atom stereocenters. The molecule has 61 heavy (non-hydrogen) atoms. The van der Waals surface area contributed by atoms with Gasteiger partial charge in [0.15, 0.2) is 0 Å².